The van der Waals surface area contributed by atoms with Crippen LogP contribution in [-0.4, -0.2) is 36.9 Å². The number of amides is 2. The molecule has 0 aliphatic rings. The molecule has 2 amide bonds. The number of nitrogens with zero attached hydrogens (tertiary/aromatic N) is 2. The van der Waals surface area contributed by atoms with Gasteiger partial charge in [0.05, 0.1) is 5.92 Å². The summed E-state index contributed by atoms with van der Waals surface area (Å²) in [5, 5.41) is 3.01. The van der Waals surface area contributed by atoms with Crippen molar-refractivity contribution in [3.05, 3.63) is 59.7 Å². The minimum Gasteiger partial charge on any atom is -0.377 e. The lowest BCUT2D eigenvalue weighted by molar-refractivity contribution is -0.135. The highest BCUT2D eigenvalue weighted by atomic mass is 16.2. The Labute approximate surface area is 193 Å². The fraction of sp³-hybridized carbons (Fsp3) is 0.481. The number of anilines is 2. The summed E-state index contributed by atoms with van der Waals surface area (Å²) in [6, 6.07) is 16.0. The number of hydrogen-bond donors (Lipinski definition) is 1. The summed E-state index contributed by atoms with van der Waals surface area (Å²) in [6.45, 7) is 10.7. The molecule has 0 saturated carbocycles. The maximum atomic E-state index is 13.6. The molecule has 0 bridgehead atoms. The van der Waals surface area contributed by atoms with Crippen molar-refractivity contribution in [3.8, 4) is 0 Å². The Bertz CT molecular complexity index is 891. The standard InChI is InChI=1S/C27H39N3O2/c1-8-24(21-12-10-9-11-13-21)27(32)30(20(4)5)18-22-17-23(14-15-25(22)29(6)7)28-26(31)16-19(2)3/h9-15,17,19-20,24H,8,16,18H2,1-7H3,(H,28,31)/t24-/m0/s1. The summed E-state index contributed by atoms with van der Waals surface area (Å²) < 4.78 is 0. The first-order chi connectivity index (χ1) is 15.1. The Balaban J connectivity index is 2.35. The number of hydrogen-bond acceptors (Lipinski definition) is 3. The zero-order chi connectivity index (χ0) is 23.8. The van der Waals surface area contributed by atoms with Crippen LogP contribution in [0.25, 0.3) is 0 Å². The largest absolute Gasteiger partial charge is 0.377 e. The van der Waals surface area contributed by atoms with E-state index in [2.05, 4.69) is 26.1 Å². The fourth-order valence-electron chi connectivity index (χ4n) is 3.95. The second-order valence-corrected chi connectivity index (χ2v) is 9.32. The number of nitrogens with one attached hydrogen (secondary N) is 1. The van der Waals surface area contributed by atoms with Crippen molar-refractivity contribution in [2.45, 2.75) is 66.0 Å². The second kappa shape index (κ2) is 11.7. The molecule has 2 aromatic rings. The van der Waals surface area contributed by atoms with Gasteiger partial charge in [-0.2, -0.15) is 0 Å². The molecular weight excluding hydrogens is 398 g/mol. The molecule has 1 N–H and O–H groups in total. The molecular formula is C27H39N3O2. The lowest BCUT2D eigenvalue weighted by atomic mass is 9.94. The average Bonchev–Trinajstić information content (AvgIpc) is 2.72. The van der Waals surface area contributed by atoms with Crippen LogP contribution in [0.1, 0.15) is 64.5 Å². The predicted octanol–water partition coefficient (Wildman–Crippen LogP) is 5.67. The van der Waals surface area contributed by atoms with Crippen LogP contribution in [0.2, 0.25) is 0 Å². The molecule has 2 rings (SSSR count). The quantitative estimate of drug-likeness (QED) is 0.521. The Kier molecular flexibility index (Phi) is 9.30. The molecule has 1 atom stereocenters. The van der Waals surface area contributed by atoms with E-state index >= 15 is 0 Å². The number of rotatable bonds is 10. The van der Waals surface area contributed by atoms with E-state index in [1.807, 2.05) is 86.3 Å². The fourth-order valence-corrected chi connectivity index (χ4v) is 3.95. The summed E-state index contributed by atoms with van der Waals surface area (Å²) in [4.78, 5) is 29.9. The van der Waals surface area contributed by atoms with E-state index in [1.54, 1.807) is 0 Å². The molecule has 0 aliphatic carbocycles. The zero-order valence-corrected chi connectivity index (χ0v) is 20.7. The maximum Gasteiger partial charge on any atom is 0.230 e. The zero-order valence-electron chi connectivity index (χ0n) is 20.7. The Morgan fingerprint density at radius 3 is 2.16 bits per heavy atom. The molecule has 32 heavy (non-hydrogen) atoms. The minimum atomic E-state index is -0.171. The highest BCUT2D eigenvalue weighted by Crippen LogP contribution is 2.29. The van der Waals surface area contributed by atoms with Crippen LogP contribution < -0.4 is 10.2 Å². The van der Waals surface area contributed by atoms with E-state index < -0.39 is 0 Å². The molecule has 0 saturated heterocycles. The van der Waals surface area contributed by atoms with Crippen LogP contribution in [0.5, 0.6) is 0 Å². The number of carbonyl (C=O) groups is 2. The van der Waals surface area contributed by atoms with Gasteiger partial charge in [0.1, 0.15) is 0 Å². The van der Waals surface area contributed by atoms with Gasteiger partial charge in [-0.3, -0.25) is 9.59 Å². The first-order valence-electron chi connectivity index (χ1n) is 11.6. The normalized spacial score (nSPS) is 12.0. The number of benzene rings is 2. The maximum absolute atomic E-state index is 13.6. The summed E-state index contributed by atoms with van der Waals surface area (Å²) in [6.07, 6.45) is 1.23. The molecule has 5 heteroatoms. The van der Waals surface area contributed by atoms with Crippen molar-refractivity contribution in [1.82, 2.24) is 4.90 Å². The molecule has 0 heterocycles. The first-order valence-corrected chi connectivity index (χ1v) is 11.6. The third-order valence-corrected chi connectivity index (χ3v) is 5.59. The van der Waals surface area contributed by atoms with Crippen molar-refractivity contribution in [1.29, 1.82) is 0 Å². The third-order valence-electron chi connectivity index (χ3n) is 5.59. The average molecular weight is 438 g/mol. The molecule has 0 fully saturated rings. The van der Waals surface area contributed by atoms with Crippen LogP contribution in [0.3, 0.4) is 0 Å². The van der Waals surface area contributed by atoms with Crippen LogP contribution in [-0.2, 0) is 16.1 Å². The lowest BCUT2D eigenvalue weighted by Gasteiger charge is -2.32. The van der Waals surface area contributed by atoms with Gasteiger partial charge in [0, 0.05) is 44.5 Å². The Hall–Kier alpha value is -2.82. The highest BCUT2D eigenvalue weighted by Gasteiger charge is 2.27. The van der Waals surface area contributed by atoms with Gasteiger partial charge in [-0.15, -0.1) is 0 Å². The monoisotopic (exact) mass is 437 g/mol. The molecule has 174 valence electrons. The van der Waals surface area contributed by atoms with Gasteiger partial charge >= 0.3 is 0 Å². The first kappa shape index (κ1) is 25.4. The SMILES string of the molecule is CC[C@H](C(=O)N(Cc1cc(NC(=O)CC(C)C)ccc1N(C)C)C(C)C)c1ccccc1. The lowest BCUT2D eigenvalue weighted by Crippen LogP contribution is -2.39. The molecule has 0 radical (unpaired) electrons. The van der Waals surface area contributed by atoms with Gasteiger partial charge < -0.3 is 15.1 Å². The molecule has 2 aromatic carbocycles. The smallest absolute Gasteiger partial charge is 0.230 e. The second-order valence-electron chi connectivity index (χ2n) is 9.32. The van der Waals surface area contributed by atoms with Gasteiger partial charge in [-0.25, -0.2) is 0 Å². The Morgan fingerprint density at radius 2 is 1.62 bits per heavy atom. The van der Waals surface area contributed by atoms with Crippen LogP contribution >= 0.6 is 0 Å². The molecule has 0 aliphatic heterocycles. The Morgan fingerprint density at radius 1 is 0.969 bits per heavy atom. The molecule has 0 aromatic heterocycles. The van der Waals surface area contributed by atoms with Gasteiger partial charge in [0.2, 0.25) is 11.8 Å². The van der Waals surface area contributed by atoms with Crippen LogP contribution in [0, 0.1) is 5.92 Å². The van der Waals surface area contributed by atoms with E-state index in [9.17, 15) is 9.59 Å². The van der Waals surface area contributed by atoms with E-state index in [0.29, 0.717) is 18.9 Å². The topological polar surface area (TPSA) is 52.7 Å². The predicted molar refractivity (Wildman–Crippen MR) is 134 cm³/mol. The van der Waals surface area contributed by atoms with E-state index in [4.69, 9.17) is 0 Å². The van der Waals surface area contributed by atoms with Crippen molar-refractivity contribution in [2.24, 2.45) is 5.92 Å². The minimum absolute atomic E-state index is 0.00969. The van der Waals surface area contributed by atoms with E-state index in [-0.39, 0.29) is 23.8 Å². The van der Waals surface area contributed by atoms with Crippen molar-refractivity contribution in [3.63, 3.8) is 0 Å². The summed E-state index contributed by atoms with van der Waals surface area (Å²) in [7, 11) is 3.99. The van der Waals surface area contributed by atoms with Gasteiger partial charge in [-0.1, -0.05) is 51.1 Å². The molecule has 0 unspecified atom stereocenters. The highest BCUT2D eigenvalue weighted by molar-refractivity contribution is 5.91. The summed E-state index contributed by atoms with van der Waals surface area (Å²) in [5.41, 5.74) is 3.87. The number of carbonyl (C=O) groups excluding carboxylic acids is 2. The van der Waals surface area contributed by atoms with Crippen molar-refractivity contribution < 1.29 is 9.59 Å². The molecule has 5 nitrogen and oxygen atoms in total. The van der Waals surface area contributed by atoms with Gasteiger partial charge in [-0.05, 0) is 55.5 Å². The third kappa shape index (κ3) is 6.84. The van der Waals surface area contributed by atoms with E-state index in [1.165, 1.54) is 0 Å². The van der Waals surface area contributed by atoms with Crippen LogP contribution in [0.4, 0.5) is 11.4 Å². The van der Waals surface area contributed by atoms with E-state index in [0.717, 1.165) is 28.9 Å². The summed E-state index contributed by atoms with van der Waals surface area (Å²) >= 11 is 0. The summed E-state index contributed by atoms with van der Waals surface area (Å²) in [5.74, 6) is 0.270. The van der Waals surface area contributed by atoms with Crippen molar-refractivity contribution >= 4 is 23.2 Å². The molecule has 0 spiro atoms. The van der Waals surface area contributed by atoms with Crippen molar-refractivity contribution in [2.75, 3.05) is 24.3 Å². The van der Waals surface area contributed by atoms with Gasteiger partial charge in [0.25, 0.3) is 0 Å². The van der Waals surface area contributed by atoms with Gasteiger partial charge in [0.15, 0.2) is 0 Å². The van der Waals surface area contributed by atoms with Crippen LogP contribution in [0.15, 0.2) is 48.5 Å².